The first-order chi connectivity index (χ1) is 22.9. The molecule has 0 amide bonds. The molecule has 1 N–H and O–H groups in total. The predicted octanol–water partition coefficient (Wildman–Crippen LogP) is 11.2. The number of aromatic amines is 1. The number of H-pyrrole nitrogens is 1. The van der Waals surface area contributed by atoms with Gasteiger partial charge in [-0.25, -0.2) is 0 Å². The van der Waals surface area contributed by atoms with Crippen molar-refractivity contribution in [1.29, 1.82) is 0 Å². The predicted molar refractivity (Wildman–Crippen MR) is 207 cm³/mol. The van der Waals surface area contributed by atoms with Crippen LogP contribution in [0.2, 0.25) is 0 Å². The van der Waals surface area contributed by atoms with Gasteiger partial charge < -0.3 is 0 Å². The first kappa shape index (κ1) is 34.9. The second kappa shape index (κ2) is 12.4. The number of benzene rings is 3. The fraction of sp³-hybridized carbons (Fsp3) is 0.512. The lowest BCUT2D eigenvalue weighted by atomic mass is 9.81. The van der Waals surface area contributed by atoms with E-state index >= 15 is 0 Å². The fourth-order valence-corrected chi connectivity index (χ4v) is 7.97. The van der Waals surface area contributed by atoms with Crippen molar-refractivity contribution < 1.29 is 0 Å². The summed E-state index contributed by atoms with van der Waals surface area (Å²) in [6.45, 7) is 27.1. The highest BCUT2D eigenvalue weighted by molar-refractivity contribution is 5.88. The Balaban J connectivity index is 0.000000128. The zero-order valence-electron chi connectivity index (χ0n) is 32.3. The van der Waals surface area contributed by atoms with Gasteiger partial charge in [-0.05, 0) is 102 Å². The Labute approximate surface area is 293 Å². The molecular formula is C43H58N6. The molecule has 260 valence electrons. The molecule has 6 aromatic rings. The first-order valence-corrected chi connectivity index (χ1v) is 18.2. The monoisotopic (exact) mass is 658 g/mol. The van der Waals surface area contributed by atoms with Gasteiger partial charge in [-0.15, -0.1) is 0 Å². The molecule has 8 rings (SSSR count). The lowest BCUT2D eigenvalue weighted by Crippen LogP contribution is -2.15. The lowest BCUT2D eigenvalue weighted by molar-refractivity contribution is 0.579. The molecule has 2 aliphatic rings. The van der Waals surface area contributed by atoms with Crippen LogP contribution in [0.1, 0.15) is 139 Å². The van der Waals surface area contributed by atoms with Gasteiger partial charge in [0.2, 0.25) is 0 Å². The van der Waals surface area contributed by atoms with Gasteiger partial charge in [0.15, 0.2) is 0 Å². The first-order valence-electron chi connectivity index (χ1n) is 18.2. The zero-order chi connectivity index (χ0) is 35.6. The van der Waals surface area contributed by atoms with Gasteiger partial charge in [-0.2, -0.15) is 15.3 Å². The molecule has 0 atom stereocenters. The van der Waals surface area contributed by atoms with Crippen molar-refractivity contribution in [3.63, 3.8) is 0 Å². The topological polar surface area (TPSA) is 64.3 Å². The smallest absolute Gasteiger partial charge is 0.0927 e. The Morgan fingerprint density at radius 2 is 1.10 bits per heavy atom. The standard InChI is InChI=1S/2C15H20N2.C13H18N2/c1-9-5-8-11-12(13(9)15(2,3)4)14(17-16-11)10-6-7-10;1-10-5-6-11-9-16-17(12-7-8-12)14(11)13(10)15(2,3)4;1-9-6-7-10-8-14-15(5)12(10)11(9)13(2,3)4/h5,8,10H,6-7H2,1-4H3,(H,16,17);5-6,9,12H,7-8H2,1-4H3;6-8H,1-5H3. The van der Waals surface area contributed by atoms with Crippen molar-refractivity contribution in [1.82, 2.24) is 29.8 Å². The van der Waals surface area contributed by atoms with Crippen molar-refractivity contribution in [3.05, 3.63) is 87.9 Å². The number of nitrogens with zero attached hydrogens (tertiary/aromatic N) is 5. The summed E-state index contributed by atoms with van der Waals surface area (Å²) < 4.78 is 4.23. The van der Waals surface area contributed by atoms with E-state index in [1.54, 1.807) is 0 Å². The normalized spacial score (nSPS) is 15.4. The van der Waals surface area contributed by atoms with E-state index in [2.05, 4.69) is 145 Å². The van der Waals surface area contributed by atoms with E-state index < -0.39 is 0 Å². The minimum absolute atomic E-state index is 0.164. The lowest BCUT2D eigenvalue weighted by Gasteiger charge is -2.23. The van der Waals surface area contributed by atoms with Crippen LogP contribution in [-0.2, 0) is 23.3 Å². The van der Waals surface area contributed by atoms with Crippen LogP contribution in [0.5, 0.6) is 0 Å². The highest BCUT2D eigenvalue weighted by Gasteiger charge is 2.32. The Morgan fingerprint density at radius 1 is 0.612 bits per heavy atom. The summed E-state index contributed by atoms with van der Waals surface area (Å²) >= 11 is 0. The summed E-state index contributed by atoms with van der Waals surface area (Å²) in [6.07, 6.45) is 9.15. The van der Waals surface area contributed by atoms with Crippen molar-refractivity contribution >= 4 is 32.7 Å². The minimum Gasteiger partial charge on any atom is -0.281 e. The number of aryl methyl sites for hydroxylation is 4. The van der Waals surface area contributed by atoms with Crippen molar-refractivity contribution in [3.8, 4) is 0 Å². The molecule has 2 aliphatic carbocycles. The molecule has 3 heterocycles. The van der Waals surface area contributed by atoms with Gasteiger partial charge in [-0.1, -0.05) is 92.6 Å². The molecule has 2 saturated carbocycles. The van der Waals surface area contributed by atoms with Crippen molar-refractivity contribution in [2.24, 2.45) is 7.05 Å². The molecule has 0 aliphatic heterocycles. The number of nitrogens with one attached hydrogen (secondary N) is 1. The summed E-state index contributed by atoms with van der Waals surface area (Å²) in [6, 6.07) is 13.7. The van der Waals surface area contributed by atoms with E-state index in [4.69, 9.17) is 0 Å². The van der Waals surface area contributed by atoms with Crippen molar-refractivity contribution in [2.45, 2.75) is 137 Å². The summed E-state index contributed by atoms with van der Waals surface area (Å²) in [4.78, 5) is 0. The van der Waals surface area contributed by atoms with Crippen LogP contribution in [0, 0.1) is 20.8 Å². The van der Waals surface area contributed by atoms with E-state index in [1.807, 2.05) is 24.1 Å². The van der Waals surface area contributed by atoms with Crippen LogP contribution < -0.4 is 0 Å². The average molecular weight is 659 g/mol. The van der Waals surface area contributed by atoms with Crippen LogP contribution in [0.15, 0.2) is 48.8 Å². The third-order valence-electron chi connectivity index (χ3n) is 10.2. The van der Waals surface area contributed by atoms with Crippen LogP contribution >= 0.6 is 0 Å². The molecule has 3 aromatic carbocycles. The Hall–Kier alpha value is -3.93. The van der Waals surface area contributed by atoms with Crippen molar-refractivity contribution in [2.75, 3.05) is 0 Å². The maximum atomic E-state index is 4.59. The number of rotatable bonds is 2. The van der Waals surface area contributed by atoms with E-state index in [-0.39, 0.29) is 16.2 Å². The second-order valence-corrected chi connectivity index (χ2v) is 17.8. The maximum absolute atomic E-state index is 4.59. The zero-order valence-corrected chi connectivity index (χ0v) is 32.3. The number of hydrogen-bond acceptors (Lipinski definition) is 3. The summed E-state index contributed by atoms with van der Waals surface area (Å²) in [5.74, 6) is 0.725. The molecule has 0 unspecified atom stereocenters. The molecule has 0 radical (unpaired) electrons. The third-order valence-corrected chi connectivity index (χ3v) is 10.2. The number of aromatic nitrogens is 6. The van der Waals surface area contributed by atoms with E-state index in [0.717, 1.165) is 11.4 Å². The molecule has 0 spiro atoms. The largest absolute Gasteiger partial charge is 0.281 e. The molecule has 49 heavy (non-hydrogen) atoms. The third kappa shape index (κ3) is 6.93. The molecule has 3 aromatic heterocycles. The summed E-state index contributed by atoms with van der Waals surface area (Å²) in [7, 11) is 2.01. The Kier molecular flexibility index (Phi) is 8.86. The van der Waals surface area contributed by atoms with Gasteiger partial charge in [0, 0.05) is 34.8 Å². The van der Waals surface area contributed by atoms with Gasteiger partial charge in [0.05, 0.1) is 35.0 Å². The quantitative estimate of drug-likeness (QED) is 0.201. The molecule has 6 nitrogen and oxygen atoms in total. The van der Waals surface area contributed by atoms with Crippen LogP contribution in [-0.4, -0.2) is 29.8 Å². The Morgan fingerprint density at radius 3 is 1.63 bits per heavy atom. The molecule has 0 saturated heterocycles. The fourth-order valence-electron chi connectivity index (χ4n) is 7.97. The number of hydrogen-bond donors (Lipinski definition) is 1. The van der Waals surface area contributed by atoms with Crippen LogP contribution in [0.25, 0.3) is 32.7 Å². The second-order valence-electron chi connectivity index (χ2n) is 17.8. The maximum Gasteiger partial charge on any atom is 0.0927 e. The van der Waals surface area contributed by atoms with E-state index in [1.165, 1.54) is 91.9 Å². The highest BCUT2D eigenvalue weighted by Crippen LogP contribution is 2.45. The van der Waals surface area contributed by atoms with Crippen LogP contribution in [0.4, 0.5) is 0 Å². The minimum atomic E-state index is 0.164. The van der Waals surface area contributed by atoms with Gasteiger partial charge >= 0.3 is 0 Å². The molecule has 6 heteroatoms. The SMILES string of the molecule is Cc1ccc2cnn(C)c2c1C(C)(C)C.Cc1ccc2cnn(C3CC3)c2c1C(C)(C)C.Cc1ccc2n[nH]c(C3CC3)c2c1C(C)(C)C. The average Bonchev–Trinajstić information content (AvgIpc) is 3.91. The van der Waals surface area contributed by atoms with Gasteiger partial charge in [-0.3, -0.25) is 14.5 Å². The molecular weight excluding hydrogens is 601 g/mol. The Bertz CT molecular complexity index is 2020. The van der Waals surface area contributed by atoms with E-state index in [0.29, 0.717) is 6.04 Å². The number of fused-ring (bicyclic) bond motifs is 3. The van der Waals surface area contributed by atoms with Crippen LogP contribution in [0.3, 0.4) is 0 Å². The van der Waals surface area contributed by atoms with Gasteiger partial charge in [0.25, 0.3) is 0 Å². The van der Waals surface area contributed by atoms with E-state index in [9.17, 15) is 0 Å². The highest BCUT2D eigenvalue weighted by atomic mass is 15.3. The summed E-state index contributed by atoms with van der Waals surface area (Å²) in [5, 5.41) is 20.6. The summed E-state index contributed by atoms with van der Waals surface area (Å²) in [5.41, 5.74) is 14.1. The van der Waals surface area contributed by atoms with Gasteiger partial charge in [0.1, 0.15) is 0 Å². The molecule has 2 fully saturated rings. The molecule has 0 bridgehead atoms.